The van der Waals surface area contributed by atoms with E-state index in [1.54, 1.807) is 0 Å². The zero-order chi connectivity index (χ0) is 15.0. The van der Waals surface area contributed by atoms with Gasteiger partial charge in [0.1, 0.15) is 0 Å². The molecule has 20 heavy (non-hydrogen) atoms. The molecule has 2 unspecified atom stereocenters. The van der Waals surface area contributed by atoms with Crippen molar-refractivity contribution in [3.63, 3.8) is 0 Å². The molecule has 2 N–H and O–H groups in total. The second-order valence-electron chi connectivity index (χ2n) is 6.88. The van der Waals surface area contributed by atoms with Crippen molar-refractivity contribution in [1.29, 1.82) is 0 Å². The lowest BCUT2D eigenvalue weighted by Crippen LogP contribution is -2.57. The molecule has 0 saturated carbocycles. The molecule has 120 valence electrons. The zero-order valence-electron chi connectivity index (χ0n) is 14.3. The molecule has 3 nitrogen and oxygen atoms in total. The van der Waals surface area contributed by atoms with Crippen LogP contribution in [0.2, 0.25) is 0 Å². The molecule has 0 aromatic rings. The predicted molar refractivity (Wildman–Crippen MR) is 89.1 cm³/mol. The smallest absolute Gasteiger partial charge is 0.0307 e. The topological polar surface area (TPSA) is 32.5 Å². The third-order valence-corrected chi connectivity index (χ3v) is 5.08. The van der Waals surface area contributed by atoms with E-state index in [0.29, 0.717) is 6.04 Å². The largest absolute Gasteiger partial charge is 0.329 e. The summed E-state index contributed by atoms with van der Waals surface area (Å²) < 4.78 is 0. The Hall–Kier alpha value is -0.120. The maximum absolute atomic E-state index is 6.20. The molecular formula is C17H37N3. The Morgan fingerprint density at radius 3 is 2.50 bits per heavy atom. The number of hydrogen-bond donors (Lipinski definition) is 1. The molecule has 0 aliphatic carbocycles. The van der Waals surface area contributed by atoms with Crippen LogP contribution in [0.4, 0.5) is 0 Å². The van der Waals surface area contributed by atoms with Gasteiger partial charge in [-0.25, -0.2) is 0 Å². The number of likely N-dealkylation sites (N-methyl/N-ethyl adjacent to an activating group) is 1. The molecule has 0 bridgehead atoms. The molecule has 1 saturated heterocycles. The van der Waals surface area contributed by atoms with E-state index in [-0.39, 0.29) is 5.54 Å². The molecule has 0 aromatic carbocycles. The number of hydrogen-bond acceptors (Lipinski definition) is 3. The van der Waals surface area contributed by atoms with Crippen LogP contribution in [-0.4, -0.2) is 54.6 Å². The Morgan fingerprint density at radius 1 is 1.15 bits per heavy atom. The van der Waals surface area contributed by atoms with Crippen LogP contribution in [0, 0.1) is 0 Å². The van der Waals surface area contributed by atoms with Gasteiger partial charge in [-0.05, 0) is 39.8 Å². The Bertz CT molecular complexity index is 257. The van der Waals surface area contributed by atoms with Crippen molar-refractivity contribution in [2.24, 2.45) is 5.73 Å². The van der Waals surface area contributed by atoms with Crippen molar-refractivity contribution < 1.29 is 0 Å². The molecule has 0 amide bonds. The van der Waals surface area contributed by atoms with Crippen LogP contribution < -0.4 is 5.73 Å². The first-order valence-corrected chi connectivity index (χ1v) is 8.72. The van der Waals surface area contributed by atoms with E-state index in [1.807, 2.05) is 0 Å². The van der Waals surface area contributed by atoms with Crippen LogP contribution in [0.15, 0.2) is 0 Å². The molecule has 1 aliphatic heterocycles. The number of nitrogens with two attached hydrogens (primary N) is 1. The first-order chi connectivity index (χ1) is 9.57. The summed E-state index contributed by atoms with van der Waals surface area (Å²) in [6.07, 6.45) is 9.11. The lowest BCUT2D eigenvalue weighted by molar-refractivity contribution is 0.0513. The van der Waals surface area contributed by atoms with E-state index < -0.39 is 0 Å². The molecule has 0 radical (unpaired) electrons. The summed E-state index contributed by atoms with van der Waals surface area (Å²) >= 11 is 0. The van der Waals surface area contributed by atoms with Gasteiger partial charge in [-0.1, -0.05) is 39.5 Å². The highest BCUT2D eigenvalue weighted by Gasteiger charge is 2.35. The quantitative estimate of drug-likeness (QED) is 0.695. The maximum Gasteiger partial charge on any atom is 0.0307 e. The third-order valence-electron chi connectivity index (χ3n) is 5.08. The average molecular weight is 284 g/mol. The normalized spacial score (nSPS) is 25.4. The first-order valence-electron chi connectivity index (χ1n) is 8.72. The maximum atomic E-state index is 6.20. The van der Waals surface area contributed by atoms with Gasteiger partial charge in [0.15, 0.2) is 0 Å². The third kappa shape index (κ3) is 5.01. The van der Waals surface area contributed by atoms with Crippen molar-refractivity contribution >= 4 is 0 Å². The molecule has 1 fully saturated rings. The fourth-order valence-corrected chi connectivity index (χ4v) is 3.60. The second kappa shape index (κ2) is 9.01. The van der Waals surface area contributed by atoms with Gasteiger partial charge in [0.25, 0.3) is 0 Å². The summed E-state index contributed by atoms with van der Waals surface area (Å²) in [5.41, 5.74) is 6.39. The molecule has 2 atom stereocenters. The predicted octanol–water partition coefficient (Wildman–Crippen LogP) is 3.09. The fraction of sp³-hybridized carbons (Fsp3) is 1.00. The van der Waals surface area contributed by atoms with Crippen LogP contribution in [0.5, 0.6) is 0 Å². The summed E-state index contributed by atoms with van der Waals surface area (Å²) in [6, 6.07) is 0.669. The van der Waals surface area contributed by atoms with Crippen LogP contribution in [0.3, 0.4) is 0 Å². The monoisotopic (exact) mass is 283 g/mol. The van der Waals surface area contributed by atoms with E-state index in [9.17, 15) is 0 Å². The van der Waals surface area contributed by atoms with Gasteiger partial charge in [-0.15, -0.1) is 0 Å². The summed E-state index contributed by atoms with van der Waals surface area (Å²) in [4.78, 5) is 5.23. The second-order valence-corrected chi connectivity index (χ2v) is 6.88. The minimum Gasteiger partial charge on any atom is -0.329 e. The van der Waals surface area contributed by atoms with Crippen molar-refractivity contribution in [3.05, 3.63) is 0 Å². The molecule has 1 rings (SSSR count). The average Bonchev–Trinajstić information content (AvgIpc) is 2.65. The Kier molecular flexibility index (Phi) is 8.08. The van der Waals surface area contributed by atoms with Gasteiger partial charge >= 0.3 is 0 Å². The number of rotatable bonds is 8. The molecular weight excluding hydrogens is 246 g/mol. The lowest BCUT2D eigenvalue weighted by atomic mass is 9.89. The Morgan fingerprint density at radius 2 is 1.90 bits per heavy atom. The van der Waals surface area contributed by atoms with Gasteiger partial charge < -0.3 is 10.6 Å². The van der Waals surface area contributed by atoms with Gasteiger partial charge in [0.2, 0.25) is 0 Å². The number of nitrogens with zero attached hydrogens (tertiary/aromatic N) is 2. The van der Waals surface area contributed by atoms with E-state index in [0.717, 1.165) is 6.54 Å². The van der Waals surface area contributed by atoms with Crippen LogP contribution in [0.25, 0.3) is 0 Å². The molecule has 1 aliphatic rings. The highest BCUT2D eigenvalue weighted by molar-refractivity contribution is 4.93. The van der Waals surface area contributed by atoms with Gasteiger partial charge in [0, 0.05) is 31.2 Å². The van der Waals surface area contributed by atoms with Crippen LogP contribution in [0.1, 0.15) is 65.7 Å². The molecule has 0 spiro atoms. The highest BCUT2D eigenvalue weighted by Crippen LogP contribution is 2.27. The zero-order valence-corrected chi connectivity index (χ0v) is 14.3. The summed E-state index contributed by atoms with van der Waals surface area (Å²) in [5.74, 6) is 0. The van der Waals surface area contributed by atoms with Gasteiger partial charge in [-0.2, -0.15) is 0 Å². The standard InChI is InChI=1S/C17H37N3/c1-5-7-8-9-11-17(3,15-18)20-13-10-12-19(4)14-16(20)6-2/h16H,5-15,18H2,1-4H3. The van der Waals surface area contributed by atoms with Crippen molar-refractivity contribution in [2.75, 3.05) is 33.2 Å². The highest BCUT2D eigenvalue weighted by atomic mass is 15.3. The van der Waals surface area contributed by atoms with E-state index in [4.69, 9.17) is 5.73 Å². The minimum atomic E-state index is 0.194. The van der Waals surface area contributed by atoms with Gasteiger partial charge in [0.05, 0.1) is 0 Å². The van der Waals surface area contributed by atoms with Crippen molar-refractivity contribution in [1.82, 2.24) is 9.80 Å². The van der Waals surface area contributed by atoms with Gasteiger partial charge in [-0.3, -0.25) is 4.90 Å². The summed E-state index contributed by atoms with van der Waals surface area (Å²) in [6.45, 7) is 11.4. The Balaban J connectivity index is 2.67. The van der Waals surface area contributed by atoms with E-state index in [1.165, 1.54) is 64.6 Å². The molecule has 1 heterocycles. The van der Waals surface area contributed by atoms with E-state index >= 15 is 0 Å². The summed E-state index contributed by atoms with van der Waals surface area (Å²) in [7, 11) is 2.26. The lowest BCUT2D eigenvalue weighted by Gasteiger charge is -2.45. The van der Waals surface area contributed by atoms with E-state index in [2.05, 4.69) is 37.6 Å². The minimum absolute atomic E-state index is 0.194. The Labute approximate surface area is 126 Å². The summed E-state index contributed by atoms with van der Waals surface area (Å²) in [5, 5.41) is 0. The fourth-order valence-electron chi connectivity index (χ4n) is 3.60. The SMILES string of the molecule is CCCCCCC(C)(CN)N1CCCN(C)CC1CC. The van der Waals surface area contributed by atoms with Crippen molar-refractivity contribution in [2.45, 2.75) is 77.3 Å². The first kappa shape index (κ1) is 17.9. The van der Waals surface area contributed by atoms with Crippen molar-refractivity contribution in [3.8, 4) is 0 Å². The molecule has 0 aromatic heterocycles. The van der Waals surface area contributed by atoms with Crippen LogP contribution >= 0.6 is 0 Å². The molecule has 3 heteroatoms. The number of unbranched alkanes of at least 4 members (excludes halogenated alkanes) is 3. The van der Waals surface area contributed by atoms with Crippen LogP contribution in [-0.2, 0) is 0 Å².